The highest BCUT2D eigenvalue weighted by Crippen LogP contribution is 2.24. The molecule has 0 bridgehead atoms. The van der Waals surface area contributed by atoms with E-state index >= 15 is 0 Å². The van der Waals surface area contributed by atoms with Crippen molar-refractivity contribution in [2.75, 3.05) is 11.9 Å². The molecule has 2 fully saturated rings. The molecule has 0 unspecified atom stereocenters. The lowest BCUT2D eigenvalue weighted by Gasteiger charge is -2.20. The average Bonchev–Trinajstić information content (AvgIpc) is 3.65. The number of anilines is 1. The Hall–Kier alpha value is -4.48. The van der Waals surface area contributed by atoms with Crippen molar-refractivity contribution in [2.24, 2.45) is 5.92 Å². The number of amides is 4. The number of pyridine rings is 1. The Bertz CT molecular complexity index is 1420. The van der Waals surface area contributed by atoms with E-state index in [1.807, 2.05) is 6.07 Å². The van der Waals surface area contributed by atoms with Gasteiger partial charge in [-0.15, -0.1) is 0 Å². The Morgan fingerprint density at radius 3 is 2.40 bits per heavy atom. The first-order valence-electron chi connectivity index (χ1n) is 14.1. The van der Waals surface area contributed by atoms with Gasteiger partial charge in [-0.2, -0.15) is 0 Å². The van der Waals surface area contributed by atoms with Crippen LogP contribution in [0.3, 0.4) is 0 Å². The first kappa shape index (κ1) is 30.5. The molecule has 1 saturated heterocycles. The lowest BCUT2D eigenvalue weighted by Crippen LogP contribution is -2.49. The van der Waals surface area contributed by atoms with E-state index in [-0.39, 0.29) is 36.9 Å². The van der Waals surface area contributed by atoms with E-state index in [0.29, 0.717) is 24.2 Å². The highest BCUT2D eigenvalue weighted by atomic mass is 16.6. The van der Waals surface area contributed by atoms with Gasteiger partial charge < -0.3 is 25.7 Å². The van der Waals surface area contributed by atoms with Crippen LogP contribution in [0.25, 0.3) is 11.3 Å². The Morgan fingerprint density at radius 2 is 1.76 bits per heavy atom. The van der Waals surface area contributed by atoms with Gasteiger partial charge in [-0.1, -0.05) is 24.3 Å². The number of hydrogen-bond donors (Lipinski definition) is 5. The van der Waals surface area contributed by atoms with Gasteiger partial charge in [-0.3, -0.25) is 29.3 Å². The number of aryl methyl sites for hydroxylation is 1. The Morgan fingerprint density at radius 1 is 1.02 bits per heavy atom. The van der Waals surface area contributed by atoms with Crippen LogP contribution in [-0.4, -0.2) is 58.8 Å². The molecule has 224 valence electrons. The molecule has 0 radical (unpaired) electrons. The van der Waals surface area contributed by atoms with E-state index in [0.717, 1.165) is 18.4 Å². The molecule has 2 aliphatic rings. The zero-order valence-electron chi connectivity index (χ0n) is 24.0. The lowest BCUT2D eigenvalue weighted by atomic mass is 9.95. The summed E-state index contributed by atoms with van der Waals surface area (Å²) in [5.41, 5.74) is 0.729. The van der Waals surface area contributed by atoms with E-state index in [1.54, 1.807) is 45.0 Å². The molecule has 2 atom stereocenters. The van der Waals surface area contributed by atoms with Gasteiger partial charge in [0, 0.05) is 36.2 Å². The molecule has 42 heavy (non-hydrogen) atoms. The molecule has 1 aliphatic heterocycles. The molecular weight excluding hydrogens is 542 g/mol. The number of nitrogens with one attached hydrogen (secondary N) is 5. The molecule has 5 N–H and O–H groups in total. The number of rotatable bonds is 11. The van der Waals surface area contributed by atoms with Crippen LogP contribution in [0.15, 0.2) is 41.2 Å². The Kier molecular flexibility index (Phi) is 9.44. The first-order chi connectivity index (χ1) is 19.9. The minimum Gasteiger partial charge on any atom is -0.444 e. The number of Topliss-reactive ketones (excluding diaryl/α,β-unsaturated/α-hetero) is 1. The minimum atomic E-state index is -1.11. The predicted molar refractivity (Wildman–Crippen MR) is 155 cm³/mol. The molecule has 12 heteroatoms. The van der Waals surface area contributed by atoms with Gasteiger partial charge in [0.1, 0.15) is 11.3 Å². The van der Waals surface area contributed by atoms with Gasteiger partial charge in [0.25, 0.3) is 11.5 Å². The number of ketones is 1. The summed E-state index contributed by atoms with van der Waals surface area (Å²) in [5, 5.41) is 10.5. The first-order valence-corrected chi connectivity index (χ1v) is 14.1. The van der Waals surface area contributed by atoms with E-state index in [1.165, 1.54) is 6.07 Å². The van der Waals surface area contributed by atoms with Gasteiger partial charge in [-0.25, -0.2) is 4.79 Å². The number of benzene rings is 1. The summed E-state index contributed by atoms with van der Waals surface area (Å²) < 4.78 is 5.20. The van der Waals surface area contributed by atoms with Crippen LogP contribution < -0.4 is 26.8 Å². The average molecular weight is 580 g/mol. The zero-order chi connectivity index (χ0) is 30.4. The van der Waals surface area contributed by atoms with Crippen molar-refractivity contribution in [3.05, 3.63) is 52.3 Å². The third-order valence-electron chi connectivity index (χ3n) is 6.95. The van der Waals surface area contributed by atoms with Crippen molar-refractivity contribution in [3.8, 4) is 11.3 Å². The van der Waals surface area contributed by atoms with Crippen LogP contribution >= 0.6 is 0 Å². The third-order valence-corrected chi connectivity index (χ3v) is 6.95. The summed E-state index contributed by atoms with van der Waals surface area (Å²) in [5.74, 6) is -2.60. The van der Waals surface area contributed by atoms with Crippen LogP contribution in [-0.2, 0) is 30.3 Å². The van der Waals surface area contributed by atoms with Gasteiger partial charge >= 0.3 is 6.09 Å². The number of ether oxygens (including phenoxy) is 1. The molecule has 1 aromatic heterocycles. The number of hydrogen-bond acceptors (Lipinski definition) is 7. The highest BCUT2D eigenvalue weighted by Gasteiger charge is 2.35. The van der Waals surface area contributed by atoms with Crippen LogP contribution in [0.1, 0.15) is 58.4 Å². The van der Waals surface area contributed by atoms with Gasteiger partial charge in [-0.05, 0) is 70.6 Å². The predicted octanol–water partition coefficient (Wildman–Crippen LogP) is 2.18. The van der Waals surface area contributed by atoms with E-state index < -0.39 is 46.8 Å². The number of aromatic amines is 1. The van der Waals surface area contributed by atoms with Crippen molar-refractivity contribution < 1.29 is 28.7 Å². The second-order valence-electron chi connectivity index (χ2n) is 11.6. The molecule has 1 saturated carbocycles. The lowest BCUT2D eigenvalue weighted by molar-refractivity contribution is -0.140. The van der Waals surface area contributed by atoms with Crippen LogP contribution in [0.2, 0.25) is 0 Å². The molecular formula is C30H37N5O7. The normalized spacial score (nSPS) is 17.1. The summed E-state index contributed by atoms with van der Waals surface area (Å²) in [7, 11) is 0. The Labute approximate surface area is 243 Å². The molecule has 1 aromatic carbocycles. The summed E-state index contributed by atoms with van der Waals surface area (Å²) >= 11 is 0. The van der Waals surface area contributed by atoms with E-state index in [4.69, 9.17) is 4.74 Å². The molecule has 2 aromatic rings. The van der Waals surface area contributed by atoms with Gasteiger partial charge in [0.2, 0.25) is 17.6 Å². The largest absolute Gasteiger partial charge is 0.444 e. The maximum absolute atomic E-state index is 13.0. The highest BCUT2D eigenvalue weighted by molar-refractivity contribution is 6.38. The van der Waals surface area contributed by atoms with Crippen molar-refractivity contribution in [3.63, 3.8) is 0 Å². The van der Waals surface area contributed by atoms with E-state index in [2.05, 4.69) is 26.3 Å². The number of carbonyl (C=O) groups is 5. The van der Waals surface area contributed by atoms with E-state index in [9.17, 15) is 28.8 Å². The van der Waals surface area contributed by atoms with Crippen LogP contribution in [0.5, 0.6) is 0 Å². The topological polar surface area (TPSA) is 176 Å². The fourth-order valence-electron chi connectivity index (χ4n) is 4.69. The monoisotopic (exact) mass is 579 g/mol. The maximum atomic E-state index is 13.0. The van der Waals surface area contributed by atoms with Crippen LogP contribution in [0, 0.1) is 5.92 Å². The van der Waals surface area contributed by atoms with Gasteiger partial charge in [0.15, 0.2) is 0 Å². The van der Waals surface area contributed by atoms with Crippen molar-refractivity contribution in [1.82, 2.24) is 20.9 Å². The molecule has 4 amide bonds. The number of aromatic nitrogens is 1. The maximum Gasteiger partial charge on any atom is 0.412 e. The fraction of sp³-hybridized carbons (Fsp3) is 0.467. The molecule has 0 spiro atoms. The summed E-state index contributed by atoms with van der Waals surface area (Å²) in [6.07, 6.45) is 1.74. The quantitative estimate of drug-likeness (QED) is 0.254. The van der Waals surface area contributed by atoms with Crippen molar-refractivity contribution in [1.29, 1.82) is 0 Å². The summed E-state index contributed by atoms with van der Waals surface area (Å²) in [6, 6.07) is 9.22. The summed E-state index contributed by atoms with van der Waals surface area (Å²) in [6.45, 7) is 5.64. The molecule has 2 heterocycles. The number of carbonyl (C=O) groups excluding carboxylic acids is 5. The molecule has 12 nitrogen and oxygen atoms in total. The minimum absolute atomic E-state index is 0.00438. The smallest absolute Gasteiger partial charge is 0.412 e. The van der Waals surface area contributed by atoms with Crippen LogP contribution in [0.4, 0.5) is 10.5 Å². The fourth-order valence-corrected chi connectivity index (χ4v) is 4.69. The third kappa shape index (κ3) is 8.51. The molecule has 4 rings (SSSR count). The molecule has 1 aliphatic carbocycles. The second kappa shape index (κ2) is 13.0. The second-order valence-corrected chi connectivity index (χ2v) is 11.6. The SMILES string of the molecule is CC(C)(C)OC(=O)Nc1ccc(-c2ccccc2CCC(=O)N[C@@H](C[C@@H]2CCNC2=O)C(=O)C(=O)NC2CC2)[nH]c1=O. The summed E-state index contributed by atoms with van der Waals surface area (Å²) in [4.78, 5) is 78.0. The van der Waals surface area contributed by atoms with Crippen molar-refractivity contribution in [2.45, 2.75) is 77.0 Å². The number of H-pyrrole nitrogens is 1. The zero-order valence-corrected chi connectivity index (χ0v) is 24.0. The van der Waals surface area contributed by atoms with Gasteiger partial charge in [0.05, 0.1) is 6.04 Å². The standard InChI is InChI=1S/C30H37N5O7/c1-30(2,3)42-29(41)35-22-12-11-21(34-27(22)39)20-7-5-4-6-17(20)8-13-24(36)33-23(16-18-14-15-31-26(18)38)25(37)28(40)32-19-9-10-19/h4-7,11-12,18-19,23H,8-10,13-16H2,1-3H3,(H,31,38)(H,32,40)(H,33,36)(H,34,39)(H,35,41)/t18-,23-/m0/s1. The Balaban J connectivity index is 1.42. The van der Waals surface area contributed by atoms with Crippen molar-refractivity contribution >= 4 is 35.3 Å².